The molecule has 1 heterocycles. The second-order valence-electron chi connectivity index (χ2n) is 4.40. The number of hydrogen-bond donors (Lipinski definition) is 2. The zero-order valence-electron chi connectivity index (χ0n) is 9.27. The molecule has 84 valence electrons. The number of rotatable bonds is 4. The topological polar surface area (TPSA) is 87.6 Å². The van der Waals surface area contributed by atoms with Gasteiger partial charge in [0.2, 0.25) is 5.95 Å². The van der Waals surface area contributed by atoms with E-state index < -0.39 is 0 Å². The second-order valence-corrected chi connectivity index (χ2v) is 4.40. The molecule has 1 atom stereocenters. The molecule has 0 amide bonds. The zero-order valence-corrected chi connectivity index (χ0v) is 9.27. The third-order valence-corrected chi connectivity index (χ3v) is 3.07. The second kappa shape index (κ2) is 4.06. The average Bonchev–Trinajstić information content (AvgIpc) is 3.13. The lowest BCUT2D eigenvalue weighted by atomic mass is 9.96. The van der Waals surface area contributed by atoms with Crippen LogP contribution in [0.15, 0.2) is 12.3 Å². The molecule has 0 aliphatic heterocycles. The van der Waals surface area contributed by atoms with Gasteiger partial charge in [0, 0.05) is 12.7 Å². The molecule has 0 radical (unpaired) electrons. The predicted molar refractivity (Wildman–Crippen MR) is 60.6 cm³/mol. The molecule has 1 aliphatic carbocycles. The van der Waals surface area contributed by atoms with Crippen LogP contribution in [0, 0.1) is 17.2 Å². The van der Waals surface area contributed by atoms with Gasteiger partial charge in [0.05, 0.1) is 5.54 Å². The molecule has 3 N–H and O–H groups in total. The highest BCUT2D eigenvalue weighted by molar-refractivity contribution is 5.34. The predicted octanol–water partition coefficient (Wildman–Crippen LogP) is 0.888. The first-order valence-corrected chi connectivity index (χ1v) is 5.39. The summed E-state index contributed by atoms with van der Waals surface area (Å²) in [6, 6.07) is 3.58. The monoisotopic (exact) mass is 217 g/mol. The third-order valence-electron chi connectivity index (χ3n) is 3.07. The van der Waals surface area contributed by atoms with Crippen LogP contribution in [-0.4, -0.2) is 22.1 Å². The van der Waals surface area contributed by atoms with Crippen LogP contribution in [0.4, 0.5) is 5.95 Å². The minimum atomic E-state index is -0.159. The first kappa shape index (κ1) is 10.8. The highest BCUT2D eigenvalue weighted by Gasteiger charge is 2.40. The van der Waals surface area contributed by atoms with Crippen molar-refractivity contribution >= 4 is 5.95 Å². The lowest BCUT2D eigenvalue weighted by Crippen LogP contribution is -2.45. The molecule has 1 saturated carbocycles. The fraction of sp³-hybridized carbons (Fsp3) is 0.545. The Balaban J connectivity index is 2.16. The Morgan fingerprint density at radius 1 is 1.69 bits per heavy atom. The summed E-state index contributed by atoms with van der Waals surface area (Å²) >= 11 is 0. The number of nitrogens with two attached hydrogens (primary N) is 1. The highest BCUT2D eigenvalue weighted by atomic mass is 15.2. The first-order valence-electron chi connectivity index (χ1n) is 5.39. The van der Waals surface area contributed by atoms with E-state index in [1.54, 1.807) is 12.3 Å². The van der Waals surface area contributed by atoms with Gasteiger partial charge in [-0.05, 0) is 31.7 Å². The Labute approximate surface area is 94.7 Å². The van der Waals surface area contributed by atoms with Crippen molar-refractivity contribution in [3.63, 3.8) is 0 Å². The molecule has 0 saturated heterocycles. The SMILES string of the molecule is CC(CN)(Nc1nccc(C#N)n1)C1CC1. The summed E-state index contributed by atoms with van der Waals surface area (Å²) in [4.78, 5) is 8.20. The van der Waals surface area contributed by atoms with Gasteiger partial charge in [-0.1, -0.05) is 0 Å². The van der Waals surface area contributed by atoms with E-state index in [2.05, 4.69) is 22.2 Å². The Kier molecular flexibility index (Phi) is 2.75. The fourth-order valence-electron chi connectivity index (χ4n) is 1.78. The average molecular weight is 217 g/mol. The van der Waals surface area contributed by atoms with Gasteiger partial charge in [-0.15, -0.1) is 0 Å². The van der Waals surface area contributed by atoms with Crippen LogP contribution < -0.4 is 11.1 Å². The van der Waals surface area contributed by atoms with Gasteiger partial charge in [0.1, 0.15) is 11.8 Å². The molecule has 0 spiro atoms. The van der Waals surface area contributed by atoms with Crippen LogP contribution in [0.25, 0.3) is 0 Å². The van der Waals surface area contributed by atoms with Crippen LogP contribution in [0.1, 0.15) is 25.5 Å². The maximum absolute atomic E-state index is 8.75. The summed E-state index contributed by atoms with van der Waals surface area (Å²) in [7, 11) is 0. The van der Waals surface area contributed by atoms with Crippen LogP contribution >= 0.6 is 0 Å². The molecule has 1 aromatic rings. The third kappa shape index (κ3) is 2.12. The number of nitrogens with zero attached hydrogens (tertiary/aromatic N) is 3. The molecule has 1 fully saturated rings. The van der Waals surface area contributed by atoms with Crippen molar-refractivity contribution in [1.82, 2.24) is 9.97 Å². The van der Waals surface area contributed by atoms with Crippen molar-refractivity contribution < 1.29 is 0 Å². The quantitative estimate of drug-likeness (QED) is 0.782. The van der Waals surface area contributed by atoms with Crippen molar-refractivity contribution in [3.8, 4) is 6.07 Å². The molecule has 5 heteroatoms. The standard InChI is InChI=1S/C11H15N5/c1-11(7-13,8-2-3-8)16-10-14-5-4-9(6-12)15-10/h4-5,8H,2-3,7,13H2,1H3,(H,14,15,16). The Morgan fingerprint density at radius 3 is 3.00 bits per heavy atom. The molecule has 5 nitrogen and oxygen atoms in total. The molecule has 1 aliphatic rings. The normalized spacial score (nSPS) is 18.6. The van der Waals surface area contributed by atoms with E-state index in [1.807, 2.05) is 6.07 Å². The maximum atomic E-state index is 8.75. The van der Waals surface area contributed by atoms with Crippen LogP contribution in [-0.2, 0) is 0 Å². The molecule has 1 aromatic heterocycles. The van der Waals surface area contributed by atoms with Gasteiger partial charge in [0.25, 0.3) is 0 Å². The zero-order chi connectivity index (χ0) is 11.6. The number of hydrogen-bond acceptors (Lipinski definition) is 5. The summed E-state index contributed by atoms with van der Waals surface area (Å²) in [5.41, 5.74) is 5.99. The van der Waals surface area contributed by atoms with Crippen LogP contribution in [0.3, 0.4) is 0 Å². The lowest BCUT2D eigenvalue weighted by molar-refractivity contribution is 0.456. The van der Waals surface area contributed by atoms with Gasteiger partial charge in [-0.25, -0.2) is 9.97 Å². The van der Waals surface area contributed by atoms with Crippen LogP contribution in [0.5, 0.6) is 0 Å². The van der Waals surface area contributed by atoms with Crippen molar-refractivity contribution in [3.05, 3.63) is 18.0 Å². The van der Waals surface area contributed by atoms with E-state index in [1.165, 1.54) is 12.8 Å². The first-order chi connectivity index (χ1) is 7.68. The summed E-state index contributed by atoms with van der Waals surface area (Å²) in [5.74, 6) is 1.07. The molecular weight excluding hydrogens is 202 g/mol. The number of nitriles is 1. The number of nitrogens with one attached hydrogen (secondary N) is 1. The lowest BCUT2D eigenvalue weighted by Gasteiger charge is -2.29. The summed E-state index contributed by atoms with van der Waals surface area (Å²) in [6.07, 6.45) is 3.97. The minimum absolute atomic E-state index is 0.159. The van der Waals surface area contributed by atoms with Crippen molar-refractivity contribution in [1.29, 1.82) is 5.26 Å². The number of anilines is 1. The van der Waals surface area contributed by atoms with Gasteiger partial charge in [0.15, 0.2) is 0 Å². The summed E-state index contributed by atoms with van der Waals surface area (Å²) in [6.45, 7) is 2.62. The smallest absolute Gasteiger partial charge is 0.224 e. The van der Waals surface area contributed by atoms with Crippen molar-refractivity contribution in [2.45, 2.75) is 25.3 Å². The van der Waals surface area contributed by atoms with E-state index in [9.17, 15) is 0 Å². The maximum Gasteiger partial charge on any atom is 0.224 e. The van der Waals surface area contributed by atoms with Crippen LogP contribution in [0.2, 0.25) is 0 Å². The number of aromatic nitrogens is 2. The van der Waals surface area contributed by atoms with Gasteiger partial charge in [-0.2, -0.15) is 5.26 Å². The molecule has 0 bridgehead atoms. The largest absolute Gasteiger partial charge is 0.347 e. The Hall–Kier alpha value is -1.67. The van der Waals surface area contributed by atoms with E-state index in [0.717, 1.165) is 0 Å². The summed E-state index contributed by atoms with van der Waals surface area (Å²) < 4.78 is 0. The van der Waals surface area contributed by atoms with Crippen molar-refractivity contribution in [2.24, 2.45) is 11.7 Å². The van der Waals surface area contributed by atoms with E-state index in [0.29, 0.717) is 24.1 Å². The molecule has 1 unspecified atom stereocenters. The van der Waals surface area contributed by atoms with E-state index >= 15 is 0 Å². The summed E-state index contributed by atoms with van der Waals surface area (Å²) in [5, 5.41) is 12.0. The van der Waals surface area contributed by atoms with Gasteiger partial charge in [-0.3, -0.25) is 0 Å². The Bertz CT molecular complexity index is 421. The van der Waals surface area contributed by atoms with E-state index in [4.69, 9.17) is 11.0 Å². The molecular formula is C11H15N5. The van der Waals surface area contributed by atoms with Gasteiger partial charge >= 0.3 is 0 Å². The highest BCUT2D eigenvalue weighted by Crippen LogP contribution is 2.40. The van der Waals surface area contributed by atoms with Gasteiger partial charge < -0.3 is 11.1 Å². The molecule has 16 heavy (non-hydrogen) atoms. The van der Waals surface area contributed by atoms with E-state index in [-0.39, 0.29) is 5.54 Å². The Morgan fingerprint density at radius 2 is 2.44 bits per heavy atom. The fourth-order valence-corrected chi connectivity index (χ4v) is 1.78. The molecule has 0 aromatic carbocycles. The molecule has 2 rings (SSSR count). The minimum Gasteiger partial charge on any atom is -0.347 e. The van der Waals surface area contributed by atoms with Crippen molar-refractivity contribution in [2.75, 3.05) is 11.9 Å².